The normalized spacial score (nSPS) is 21.8. The van der Waals surface area contributed by atoms with Gasteiger partial charge in [0.25, 0.3) is 0 Å². The van der Waals surface area contributed by atoms with Crippen molar-refractivity contribution >= 4 is 35.6 Å². The summed E-state index contributed by atoms with van der Waals surface area (Å²) < 4.78 is 27.0. The van der Waals surface area contributed by atoms with Crippen LogP contribution in [-0.4, -0.2) is 48.9 Å². The summed E-state index contributed by atoms with van der Waals surface area (Å²) in [5, 5.41) is 16.7. The number of rotatable bonds is 5. The summed E-state index contributed by atoms with van der Waals surface area (Å²) >= 11 is 0. The Morgan fingerprint density at radius 3 is 2.77 bits per heavy atom. The van der Waals surface area contributed by atoms with Crippen molar-refractivity contribution in [2.24, 2.45) is 4.99 Å². The average molecular weight is 480 g/mol. The van der Waals surface area contributed by atoms with E-state index >= 15 is 0 Å². The molecule has 1 aromatic carbocycles. The Morgan fingerprint density at radius 1 is 1.38 bits per heavy atom. The van der Waals surface area contributed by atoms with Crippen LogP contribution >= 0.6 is 24.0 Å². The molecule has 1 heterocycles. The molecule has 5 nitrogen and oxygen atoms in total. The van der Waals surface area contributed by atoms with Gasteiger partial charge in [-0.15, -0.1) is 24.0 Å². The molecule has 1 saturated carbocycles. The molecular formula is C18H27F2IN4O. The lowest BCUT2D eigenvalue weighted by atomic mass is 9.80. The summed E-state index contributed by atoms with van der Waals surface area (Å²) in [6.07, 6.45) is 3.50. The first kappa shape index (κ1) is 21.1. The van der Waals surface area contributed by atoms with E-state index in [2.05, 4.69) is 15.6 Å². The molecule has 3 rings (SSSR count). The molecule has 1 aromatic rings. The van der Waals surface area contributed by atoms with Crippen molar-refractivity contribution in [3.8, 4) is 0 Å². The second-order valence-corrected chi connectivity index (χ2v) is 6.94. The fourth-order valence-corrected chi connectivity index (χ4v) is 3.32. The van der Waals surface area contributed by atoms with Gasteiger partial charge in [0.2, 0.25) is 0 Å². The number of guanidine groups is 1. The molecule has 2 fully saturated rings. The van der Waals surface area contributed by atoms with Gasteiger partial charge in [-0.1, -0.05) is 0 Å². The predicted octanol–water partition coefficient (Wildman–Crippen LogP) is 2.63. The Labute approximate surface area is 170 Å². The summed E-state index contributed by atoms with van der Waals surface area (Å²) in [4.78, 5) is 6.41. The van der Waals surface area contributed by atoms with E-state index in [0.29, 0.717) is 31.3 Å². The van der Waals surface area contributed by atoms with Gasteiger partial charge in [0.15, 0.2) is 5.96 Å². The number of nitrogens with zero attached hydrogens (tertiary/aromatic N) is 2. The zero-order valence-corrected chi connectivity index (χ0v) is 17.3. The minimum absolute atomic E-state index is 0. The fourth-order valence-electron chi connectivity index (χ4n) is 3.32. The third-order valence-electron chi connectivity index (χ3n) is 4.94. The molecule has 1 unspecified atom stereocenters. The maximum atomic E-state index is 13.9. The molecule has 0 spiro atoms. The largest absolute Gasteiger partial charge is 0.388 e. The molecule has 0 radical (unpaired) electrons. The van der Waals surface area contributed by atoms with Gasteiger partial charge in [-0.05, 0) is 44.7 Å². The standard InChI is InChI=1S/C18H26F2N4O.HI/c1-2-21-17(22-12-18(25)7-3-8-18)23-14-6-9-24(11-14)16-5-4-13(19)10-15(16)20;/h4-5,10,14,25H,2-3,6-9,11-12H2,1H3,(H2,21,22,23);1H. The van der Waals surface area contributed by atoms with E-state index in [4.69, 9.17) is 0 Å². The number of aliphatic hydroxyl groups is 1. The van der Waals surface area contributed by atoms with Crippen LogP contribution in [-0.2, 0) is 0 Å². The molecule has 0 aromatic heterocycles. The summed E-state index contributed by atoms with van der Waals surface area (Å²) in [7, 11) is 0. The minimum Gasteiger partial charge on any atom is -0.388 e. The van der Waals surface area contributed by atoms with Crippen LogP contribution in [0.4, 0.5) is 14.5 Å². The lowest BCUT2D eigenvalue weighted by Crippen LogP contribution is -2.46. The number of hydrogen-bond donors (Lipinski definition) is 3. The summed E-state index contributed by atoms with van der Waals surface area (Å²) in [5.41, 5.74) is -0.224. The Bertz CT molecular complexity index is 640. The first-order valence-electron chi connectivity index (χ1n) is 8.96. The Balaban J connectivity index is 0.00000243. The molecule has 1 saturated heterocycles. The van der Waals surface area contributed by atoms with Crippen molar-refractivity contribution in [2.45, 2.75) is 44.2 Å². The highest BCUT2D eigenvalue weighted by molar-refractivity contribution is 14.0. The second-order valence-electron chi connectivity index (χ2n) is 6.94. The highest BCUT2D eigenvalue weighted by atomic mass is 127. The number of halogens is 3. The maximum absolute atomic E-state index is 13.9. The molecule has 0 amide bonds. The van der Waals surface area contributed by atoms with Crippen molar-refractivity contribution < 1.29 is 13.9 Å². The molecular weight excluding hydrogens is 453 g/mol. The SMILES string of the molecule is CCNC(=NCC1(O)CCC1)NC1CCN(c2ccc(F)cc2F)C1.I. The lowest BCUT2D eigenvalue weighted by Gasteiger charge is -2.35. The molecule has 146 valence electrons. The smallest absolute Gasteiger partial charge is 0.191 e. The predicted molar refractivity (Wildman–Crippen MR) is 110 cm³/mol. The molecule has 0 bridgehead atoms. The zero-order chi connectivity index (χ0) is 17.9. The Morgan fingerprint density at radius 2 is 2.15 bits per heavy atom. The van der Waals surface area contributed by atoms with Gasteiger partial charge in [0.05, 0.1) is 17.8 Å². The third-order valence-corrected chi connectivity index (χ3v) is 4.94. The number of benzene rings is 1. The molecule has 1 aliphatic carbocycles. The molecule has 1 aliphatic heterocycles. The van der Waals surface area contributed by atoms with Crippen LogP contribution in [0.3, 0.4) is 0 Å². The Hall–Kier alpha value is -1.16. The van der Waals surface area contributed by atoms with Crippen LogP contribution in [0.2, 0.25) is 0 Å². The number of anilines is 1. The lowest BCUT2D eigenvalue weighted by molar-refractivity contribution is -0.0236. The van der Waals surface area contributed by atoms with Crippen molar-refractivity contribution in [2.75, 3.05) is 31.1 Å². The maximum Gasteiger partial charge on any atom is 0.191 e. The van der Waals surface area contributed by atoms with Crippen molar-refractivity contribution in [1.29, 1.82) is 0 Å². The van der Waals surface area contributed by atoms with Gasteiger partial charge in [0.1, 0.15) is 11.6 Å². The van der Waals surface area contributed by atoms with Crippen LogP contribution in [0.15, 0.2) is 23.2 Å². The summed E-state index contributed by atoms with van der Waals surface area (Å²) in [5.74, 6) is -0.423. The molecule has 26 heavy (non-hydrogen) atoms. The molecule has 8 heteroatoms. The van der Waals surface area contributed by atoms with E-state index in [9.17, 15) is 13.9 Å². The van der Waals surface area contributed by atoms with Gasteiger partial charge in [-0.2, -0.15) is 0 Å². The topological polar surface area (TPSA) is 59.9 Å². The van der Waals surface area contributed by atoms with Gasteiger partial charge >= 0.3 is 0 Å². The monoisotopic (exact) mass is 480 g/mol. The van der Waals surface area contributed by atoms with E-state index in [1.54, 1.807) is 0 Å². The minimum atomic E-state index is -0.651. The van der Waals surface area contributed by atoms with Crippen LogP contribution in [0.1, 0.15) is 32.6 Å². The highest BCUT2D eigenvalue weighted by Crippen LogP contribution is 2.31. The fraction of sp³-hybridized carbons (Fsp3) is 0.611. The number of nitrogens with one attached hydrogen (secondary N) is 2. The second kappa shape index (κ2) is 9.16. The quantitative estimate of drug-likeness (QED) is 0.345. The highest BCUT2D eigenvalue weighted by Gasteiger charge is 2.34. The van der Waals surface area contributed by atoms with Gasteiger partial charge < -0.3 is 20.6 Å². The summed E-state index contributed by atoms with van der Waals surface area (Å²) in [6.45, 7) is 4.43. The van der Waals surface area contributed by atoms with E-state index in [0.717, 1.165) is 38.3 Å². The van der Waals surface area contributed by atoms with E-state index in [1.807, 2.05) is 11.8 Å². The van der Waals surface area contributed by atoms with Crippen molar-refractivity contribution in [1.82, 2.24) is 10.6 Å². The van der Waals surface area contributed by atoms with Crippen LogP contribution < -0.4 is 15.5 Å². The van der Waals surface area contributed by atoms with Crippen LogP contribution in [0.25, 0.3) is 0 Å². The van der Waals surface area contributed by atoms with Crippen LogP contribution in [0.5, 0.6) is 0 Å². The van der Waals surface area contributed by atoms with Crippen molar-refractivity contribution in [3.05, 3.63) is 29.8 Å². The zero-order valence-electron chi connectivity index (χ0n) is 15.0. The molecule has 3 N–H and O–H groups in total. The van der Waals surface area contributed by atoms with Crippen LogP contribution in [0, 0.1) is 11.6 Å². The van der Waals surface area contributed by atoms with Gasteiger partial charge in [-0.3, -0.25) is 4.99 Å². The van der Waals surface area contributed by atoms with Gasteiger partial charge in [0, 0.05) is 31.7 Å². The summed E-state index contributed by atoms with van der Waals surface area (Å²) in [6, 6.07) is 3.81. The average Bonchev–Trinajstić information content (AvgIpc) is 2.99. The molecule has 2 aliphatic rings. The molecule has 1 atom stereocenters. The first-order chi connectivity index (χ1) is 12.0. The first-order valence-corrected chi connectivity index (χ1v) is 8.96. The third kappa shape index (κ3) is 5.18. The van der Waals surface area contributed by atoms with E-state index < -0.39 is 17.2 Å². The van der Waals surface area contributed by atoms with Gasteiger partial charge in [-0.25, -0.2) is 8.78 Å². The van der Waals surface area contributed by atoms with E-state index in [1.165, 1.54) is 12.1 Å². The van der Waals surface area contributed by atoms with E-state index in [-0.39, 0.29) is 30.0 Å². The number of hydrogen-bond acceptors (Lipinski definition) is 3. The number of aliphatic imine (C=N–C) groups is 1. The Kier molecular flexibility index (Phi) is 7.45. The van der Waals surface area contributed by atoms with Crippen molar-refractivity contribution in [3.63, 3.8) is 0 Å².